The Kier molecular flexibility index (Phi) is 5.00. The van der Waals surface area contributed by atoms with Gasteiger partial charge in [0.15, 0.2) is 0 Å². The number of aromatic nitrogens is 2. The molecule has 1 atom stereocenters. The smallest absolute Gasteiger partial charge is 0.264 e. The molecule has 3 heterocycles. The molecule has 7 nitrogen and oxygen atoms in total. The number of sulfonamides is 1. The third-order valence-electron chi connectivity index (χ3n) is 4.53. The van der Waals surface area contributed by atoms with Gasteiger partial charge in [-0.3, -0.25) is 4.72 Å². The molecule has 1 aliphatic heterocycles. The molecule has 3 aromatic rings. The van der Waals surface area contributed by atoms with Crippen LogP contribution in [0, 0.1) is 0 Å². The molecule has 0 radical (unpaired) electrons. The summed E-state index contributed by atoms with van der Waals surface area (Å²) in [5.74, 6) is 0.480. The maximum absolute atomic E-state index is 12.9. The van der Waals surface area contributed by atoms with Crippen LogP contribution in [0.2, 0.25) is 0 Å². The van der Waals surface area contributed by atoms with Gasteiger partial charge in [0.2, 0.25) is 0 Å². The summed E-state index contributed by atoms with van der Waals surface area (Å²) in [5.41, 5.74) is 0.920. The number of fused-ring (bicyclic) bond motifs is 1. The lowest BCUT2D eigenvalue weighted by Gasteiger charge is -2.23. The first kappa shape index (κ1) is 17.8. The van der Waals surface area contributed by atoms with Crippen LogP contribution in [0.25, 0.3) is 11.0 Å². The van der Waals surface area contributed by atoms with E-state index in [2.05, 4.69) is 14.7 Å². The number of ether oxygens (including phenoxy) is 2. The van der Waals surface area contributed by atoms with Crippen LogP contribution in [0.5, 0.6) is 5.75 Å². The number of benzene rings is 1. The molecule has 0 spiro atoms. The van der Waals surface area contributed by atoms with Crippen molar-refractivity contribution >= 4 is 26.7 Å². The normalized spacial score (nSPS) is 17.7. The first-order valence-corrected chi connectivity index (χ1v) is 10.4. The lowest BCUT2D eigenvalue weighted by molar-refractivity contribution is -0.0109. The molecule has 27 heavy (non-hydrogen) atoms. The van der Waals surface area contributed by atoms with Gasteiger partial charge in [-0.2, -0.15) is 0 Å². The van der Waals surface area contributed by atoms with Crippen LogP contribution in [0.4, 0.5) is 5.69 Å². The van der Waals surface area contributed by atoms with Gasteiger partial charge >= 0.3 is 0 Å². The summed E-state index contributed by atoms with van der Waals surface area (Å²) in [5, 5.41) is 0.541. The molecule has 0 bridgehead atoms. The summed E-state index contributed by atoms with van der Waals surface area (Å²) in [6.45, 7) is 1.15. The molecular weight excluding hydrogens is 366 g/mol. The van der Waals surface area contributed by atoms with E-state index in [4.69, 9.17) is 9.47 Å². The standard InChI is InChI=1S/C19H21N3O4S/c23-27(24,18-12-21-19-15(18)7-5-10-20-19)22-16-8-1-2-9-17(16)26-13-14-6-3-4-11-25-14/h1-2,5,7-10,12,14,22H,3-4,6,11,13H2,(H,20,21)/t14-/m1/s1. The Hall–Kier alpha value is -2.58. The van der Waals surface area contributed by atoms with Gasteiger partial charge in [-0.1, -0.05) is 12.1 Å². The lowest BCUT2D eigenvalue weighted by Crippen LogP contribution is -2.26. The number of para-hydroxylation sites is 2. The van der Waals surface area contributed by atoms with E-state index in [-0.39, 0.29) is 11.0 Å². The number of nitrogens with one attached hydrogen (secondary N) is 2. The van der Waals surface area contributed by atoms with E-state index in [1.165, 1.54) is 6.20 Å². The Morgan fingerprint density at radius 1 is 1.22 bits per heavy atom. The number of H-pyrrole nitrogens is 1. The van der Waals surface area contributed by atoms with E-state index in [9.17, 15) is 8.42 Å². The minimum atomic E-state index is -3.79. The predicted molar refractivity (Wildman–Crippen MR) is 102 cm³/mol. The third kappa shape index (κ3) is 3.91. The fourth-order valence-corrected chi connectivity index (χ4v) is 4.39. The first-order chi connectivity index (χ1) is 13.1. The topological polar surface area (TPSA) is 93.3 Å². The zero-order valence-electron chi connectivity index (χ0n) is 14.7. The van der Waals surface area contributed by atoms with Crippen LogP contribution in [0.1, 0.15) is 19.3 Å². The zero-order chi connectivity index (χ0) is 18.7. The van der Waals surface area contributed by atoms with Crippen LogP contribution >= 0.6 is 0 Å². The molecule has 0 aliphatic carbocycles. The van der Waals surface area contributed by atoms with Gasteiger partial charge in [-0.05, 0) is 43.5 Å². The van der Waals surface area contributed by atoms with E-state index >= 15 is 0 Å². The summed E-state index contributed by atoms with van der Waals surface area (Å²) in [6.07, 6.45) is 6.25. The third-order valence-corrected chi connectivity index (χ3v) is 5.94. The van der Waals surface area contributed by atoms with Crippen molar-refractivity contribution in [2.75, 3.05) is 17.9 Å². The number of hydrogen-bond donors (Lipinski definition) is 2. The highest BCUT2D eigenvalue weighted by atomic mass is 32.2. The second-order valence-electron chi connectivity index (χ2n) is 6.45. The lowest BCUT2D eigenvalue weighted by atomic mass is 10.1. The van der Waals surface area contributed by atoms with Crippen molar-refractivity contribution in [1.82, 2.24) is 9.97 Å². The Morgan fingerprint density at radius 2 is 2.11 bits per heavy atom. The molecule has 0 saturated carbocycles. The van der Waals surface area contributed by atoms with Crippen LogP contribution in [-0.2, 0) is 14.8 Å². The molecule has 8 heteroatoms. The molecule has 2 N–H and O–H groups in total. The van der Waals surface area contributed by atoms with Crippen molar-refractivity contribution in [3.8, 4) is 5.75 Å². The maximum Gasteiger partial charge on any atom is 0.264 e. The molecule has 4 rings (SSSR count). The fourth-order valence-electron chi connectivity index (χ4n) is 3.15. The number of rotatable bonds is 6. The fraction of sp³-hybridized carbons (Fsp3) is 0.316. The van der Waals surface area contributed by atoms with E-state index < -0.39 is 10.0 Å². The van der Waals surface area contributed by atoms with Crippen LogP contribution in [0.15, 0.2) is 53.7 Å². The van der Waals surface area contributed by atoms with E-state index in [1.807, 2.05) is 6.07 Å². The molecular formula is C19H21N3O4S. The average molecular weight is 387 g/mol. The van der Waals surface area contributed by atoms with Crippen molar-refractivity contribution in [2.45, 2.75) is 30.3 Å². The Balaban J connectivity index is 1.55. The Morgan fingerprint density at radius 3 is 2.96 bits per heavy atom. The van der Waals surface area contributed by atoms with Crippen molar-refractivity contribution in [3.63, 3.8) is 0 Å². The molecule has 1 saturated heterocycles. The number of aromatic amines is 1. The van der Waals surface area contributed by atoms with Crippen LogP contribution in [0.3, 0.4) is 0 Å². The number of anilines is 1. The molecule has 1 aliphatic rings. The monoisotopic (exact) mass is 387 g/mol. The zero-order valence-corrected chi connectivity index (χ0v) is 15.5. The summed E-state index contributed by atoms with van der Waals surface area (Å²) < 4.78 is 39.9. The maximum atomic E-state index is 12.9. The first-order valence-electron chi connectivity index (χ1n) is 8.92. The van der Waals surface area contributed by atoms with E-state index in [1.54, 1.807) is 36.5 Å². The van der Waals surface area contributed by atoms with E-state index in [0.717, 1.165) is 25.9 Å². The Labute approximate surface area is 157 Å². The van der Waals surface area contributed by atoms with Crippen LogP contribution < -0.4 is 9.46 Å². The van der Waals surface area contributed by atoms with Gasteiger partial charge < -0.3 is 14.5 Å². The quantitative estimate of drug-likeness (QED) is 0.677. The second-order valence-corrected chi connectivity index (χ2v) is 8.10. The average Bonchev–Trinajstić information content (AvgIpc) is 3.13. The summed E-state index contributed by atoms with van der Waals surface area (Å²) >= 11 is 0. The van der Waals surface area contributed by atoms with Gasteiger partial charge in [0, 0.05) is 24.4 Å². The summed E-state index contributed by atoms with van der Waals surface area (Å²) in [4.78, 5) is 7.17. The second kappa shape index (κ2) is 7.58. The SMILES string of the molecule is O=S(=O)(Nc1ccccc1OC[C@H]1CCCCO1)c1c[nH]c2ncccc12. The van der Waals surface area contributed by atoms with Crippen molar-refractivity contribution in [3.05, 3.63) is 48.8 Å². The van der Waals surface area contributed by atoms with Gasteiger partial charge in [-0.25, -0.2) is 13.4 Å². The minimum Gasteiger partial charge on any atom is -0.489 e. The number of hydrogen-bond acceptors (Lipinski definition) is 5. The van der Waals surface area contributed by atoms with Gasteiger partial charge in [-0.15, -0.1) is 0 Å². The highest BCUT2D eigenvalue weighted by Crippen LogP contribution is 2.29. The molecule has 1 fully saturated rings. The number of pyridine rings is 1. The van der Waals surface area contributed by atoms with Crippen molar-refractivity contribution < 1.29 is 17.9 Å². The Bertz CT molecular complexity index is 1030. The molecule has 142 valence electrons. The van der Waals surface area contributed by atoms with Gasteiger partial charge in [0.25, 0.3) is 10.0 Å². The van der Waals surface area contributed by atoms with Crippen LogP contribution in [-0.4, -0.2) is 37.7 Å². The largest absolute Gasteiger partial charge is 0.489 e. The van der Waals surface area contributed by atoms with E-state index in [0.29, 0.717) is 29.1 Å². The van der Waals surface area contributed by atoms with Gasteiger partial charge in [0.05, 0.1) is 11.8 Å². The predicted octanol–water partition coefficient (Wildman–Crippen LogP) is 3.31. The van der Waals surface area contributed by atoms with Crippen molar-refractivity contribution in [1.29, 1.82) is 0 Å². The molecule has 1 aromatic carbocycles. The molecule has 0 unspecified atom stereocenters. The minimum absolute atomic E-state index is 0.0445. The highest BCUT2D eigenvalue weighted by Gasteiger charge is 2.21. The summed E-state index contributed by atoms with van der Waals surface area (Å²) in [7, 11) is -3.79. The summed E-state index contributed by atoms with van der Waals surface area (Å²) in [6, 6.07) is 10.4. The molecule has 2 aromatic heterocycles. The highest BCUT2D eigenvalue weighted by molar-refractivity contribution is 7.93. The molecule has 0 amide bonds. The van der Waals surface area contributed by atoms with Gasteiger partial charge in [0.1, 0.15) is 22.9 Å². The van der Waals surface area contributed by atoms with Crippen molar-refractivity contribution in [2.24, 2.45) is 0 Å². The number of nitrogens with zero attached hydrogens (tertiary/aromatic N) is 1.